The predicted molar refractivity (Wildman–Crippen MR) is 102 cm³/mol. The van der Waals surface area contributed by atoms with Gasteiger partial charge in [-0.15, -0.1) is 0 Å². The molecule has 0 amide bonds. The van der Waals surface area contributed by atoms with Gasteiger partial charge in [0.2, 0.25) is 0 Å². The zero-order valence-corrected chi connectivity index (χ0v) is 17.1. The zero-order valence-electron chi connectivity index (χ0n) is 17.1. The normalized spacial score (nSPS) is 47.7. The molecule has 0 bridgehead atoms. The van der Waals surface area contributed by atoms with E-state index in [0.29, 0.717) is 5.92 Å². The van der Waals surface area contributed by atoms with E-state index in [2.05, 4.69) is 19.9 Å². The molecular formula is C23H34O4. The average molecular weight is 375 g/mol. The summed E-state index contributed by atoms with van der Waals surface area (Å²) < 4.78 is 18.1. The van der Waals surface area contributed by atoms with Crippen molar-refractivity contribution < 1.29 is 19.0 Å². The van der Waals surface area contributed by atoms with Crippen LogP contribution in [0.2, 0.25) is 0 Å². The summed E-state index contributed by atoms with van der Waals surface area (Å²) in [6, 6.07) is 0. The van der Waals surface area contributed by atoms with Gasteiger partial charge in [0.15, 0.2) is 5.79 Å². The Balaban J connectivity index is 1.41. The van der Waals surface area contributed by atoms with Crippen LogP contribution in [-0.4, -0.2) is 31.1 Å². The molecular weight excluding hydrogens is 340 g/mol. The summed E-state index contributed by atoms with van der Waals surface area (Å²) >= 11 is 0. The molecule has 4 nitrogen and oxygen atoms in total. The molecule has 1 aliphatic heterocycles. The molecule has 4 heteroatoms. The van der Waals surface area contributed by atoms with E-state index < -0.39 is 0 Å². The molecule has 1 heterocycles. The fraction of sp³-hybridized carbons (Fsp3) is 0.870. The fourth-order valence-corrected chi connectivity index (χ4v) is 7.85. The summed E-state index contributed by atoms with van der Waals surface area (Å²) in [6.07, 6.45) is 11.7. The van der Waals surface area contributed by atoms with Crippen LogP contribution in [0.5, 0.6) is 0 Å². The third-order valence-electron chi connectivity index (χ3n) is 9.19. The molecule has 0 unspecified atom stereocenters. The fourth-order valence-electron chi connectivity index (χ4n) is 7.85. The highest BCUT2D eigenvalue weighted by atomic mass is 16.7. The van der Waals surface area contributed by atoms with Gasteiger partial charge in [-0.1, -0.05) is 25.5 Å². The molecule has 1 spiro atoms. The Bertz CT molecular complexity index is 663. The maximum absolute atomic E-state index is 11.4. The van der Waals surface area contributed by atoms with Crippen molar-refractivity contribution in [3.05, 3.63) is 11.6 Å². The minimum Gasteiger partial charge on any atom is -0.462 e. The monoisotopic (exact) mass is 374 g/mol. The van der Waals surface area contributed by atoms with E-state index in [-0.39, 0.29) is 28.7 Å². The second kappa shape index (κ2) is 6.06. The summed E-state index contributed by atoms with van der Waals surface area (Å²) in [7, 11) is 0. The molecule has 5 aliphatic rings. The average Bonchev–Trinajstić information content (AvgIpc) is 3.21. The highest BCUT2D eigenvalue weighted by Gasteiger charge is 2.66. The largest absolute Gasteiger partial charge is 0.462 e. The van der Waals surface area contributed by atoms with Gasteiger partial charge in [-0.3, -0.25) is 4.79 Å². The van der Waals surface area contributed by atoms with Gasteiger partial charge in [0, 0.05) is 25.2 Å². The van der Waals surface area contributed by atoms with Crippen molar-refractivity contribution in [2.24, 2.45) is 28.6 Å². The molecule has 0 aromatic rings. The molecule has 0 N–H and O–H groups in total. The predicted octanol–water partition coefficient (Wildman–Crippen LogP) is 4.62. The Labute approximate surface area is 163 Å². The van der Waals surface area contributed by atoms with E-state index in [1.165, 1.54) is 32.6 Å². The Kier molecular flexibility index (Phi) is 4.08. The van der Waals surface area contributed by atoms with Gasteiger partial charge < -0.3 is 14.2 Å². The van der Waals surface area contributed by atoms with E-state index in [9.17, 15) is 4.79 Å². The van der Waals surface area contributed by atoms with E-state index in [4.69, 9.17) is 14.2 Å². The van der Waals surface area contributed by atoms with Gasteiger partial charge in [-0.25, -0.2) is 0 Å². The van der Waals surface area contributed by atoms with Gasteiger partial charge in [-0.2, -0.15) is 0 Å². The lowest BCUT2D eigenvalue weighted by atomic mass is 9.47. The quantitative estimate of drug-likeness (QED) is 0.496. The van der Waals surface area contributed by atoms with Crippen LogP contribution in [0.3, 0.4) is 0 Å². The first-order chi connectivity index (χ1) is 12.9. The smallest absolute Gasteiger partial charge is 0.302 e. The first-order valence-corrected chi connectivity index (χ1v) is 11.0. The number of allylic oxidation sites excluding steroid dienone is 1. The molecule has 0 radical (unpaired) electrons. The molecule has 1 saturated heterocycles. The molecule has 6 atom stereocenters. The van der Waals surface area contributed by atoms with Crippen molar-refractivity contribution in [3.8, 4) is 0 Å². The van der Waals surface area contributed by atoms with Crippen molar-refractivity contribution in [3.63, 3.8) is 0 Å². The topological polar surface area (TPSA) is 44.8 Å². The lowest BCUT2D eigenvalue weighted by Gasteiger charge is -2.58. The molecule has 0 aromatic heterocycles. The number of carbonyl (C=O) groups is 1. The van der Waals surface area contributed by atoms with Gasteiger partial charge in [0.05, 0.1) is 13.2 Å². The highest BCUT2D eigenvalue weighted by molar-refractivity contribution is 5.66. The maximum atomic E-state index is 11.4. The third kappa shape index (κ3) is 2.45. The second-order valence-corrected chi connectivity index (χ2v) is 10.2. The minimum atomic E-state index is -0.305. The molecule has 4 fully saturated rings. The number of hydrogen-bond acceptors (Lipinski definition) is 4. The first-order valence-electron chi connectivity index (χ1n) is 11.0. The van der Waals surface area contributed by atoms with Crippen LogP contribution in [-0.2, 0) is 19.0 Å². The SMILES string of the molecule is CC(=O)O[C@H]1CC[C@@]2(C)C(=CC[C@@H]3[C@H]4CCC5(OCCO5)[C@@]4(C)CC[C@@H]32)C1. The molecule has 27 heavy (non-hydrogen) atoms. The van der Waals surface area contributed by atoms with E-state index in [0.717, 1.165) is 50.7 Å². The van der Waals surface area contributed by atoms with Crippen molar-refractivity contribution in [1.29, 1.82) is 0 Å². The minimum absolute atomic E-state index is 0.0854. The van der Waals surface area contributed by atoms with E-state index in [1.807, 2.05) is 0 Å². The number of esters is 1. The van der Waals surface area contributed by atoms with Crippen molar-refractivity contribution >= 4 is 5.97 Å². The van der Waals surface area contributed by atoms with Crippen LogP contribution in [0.25, 0.3) is 0 Å². The number of carbonyl (C=O) groups excluding carboxylic acids is 1. The lowest BCUT2D eigenvalue weighted by molar-refractivity contribution is -0.242. The van der Waals surface area contributed by atoms with Crippen LogP contribution in [0, 0.1) is 28.6 Å². The Morgan fingerprint density at radius 1 is 1.07 bits per heavy atom. The maximum Gasteiger partial charge on any atom is 0.302 e. The molecule has 150 valence electrons. The van der Waals surface area contributed by atoms with Crippen LogP contribution in [0.4, 0.5) is 0 Å². The summed E-state index contributed by atoms with van der Waals surface area (Å²) in [5.74, 6) is 1.76. The van der Waals surface area contributed by atoms with Gasteiger partial charge >= 0.3 is 5.97 Å². The van der Waals surface area contributed by atoms with E-state index >= 15 is 0 Å². The van der Waals surface area contributed by atoms with Gasteiger partial charge in [-0.05, 0) is 61.7 Å². The summed E-state index contributed by atoms with van der Waals surface area (Å²) in [4.78, 5) is 11.4. The summed E-state index contributed by atoms with van der Waals surface area (Å²) in [6.45, 7) is 8.00. The molecule has 3 saturated carbocycles. The van der Waals surface area contributed by atoms with Crippen molar-refractivity contribution in [2.45, 2.75) is 84.0 Å². The van der Waals surface area contributed by atoms with Gasteiger partial charge in [0.1, 0.15) is 6.10 Å². The zero-order chi connectivity index (χ0) is 18.9. The highest BCUT2D eigenvalue weighted by Crippen LogP contribution is 2.68. The third-order valence-corrected chi connectivity index (χ3v) is 9.19. The standard InChI is InChI=1S/C23H34O4/c1-15(24)27-17-6-9-21(2)16(14-17)4-5-18-19(21)7-10-22(3)20(18)8-11-23(22)25-12-13-26-23/h4,17-20H,5-14H2,1-3H3/t17-,18-,19-,20+,21-,22-/m0/s1. The first kappa shape index (κ1) is 18.2. The molecule has 5 rings (SSSR count). The van der Waals surface area contributed by atoms with Crippen LogP contribution >= 0.6 is 0 Å². The molecule has 0 aromatic carbocycles. The number of fused-ring (bicyclic) bond motifs is 6. The Hall–Kier alpha value is -0.870. The van der Waals surface area contributed by atoms with Gasteiger partial charge in [0.25, 0.3) is 0 Å². The van der Waals surface area contributed by atoms with Crippen LogP contribution in [0.15, 0.2) is 11.6 Å². The van der Waals surface area contributed by atoms with Crippen molar-refractivity contribution in [1.82, 2.24) is 0 Å². The lowest BCUT2D eigenvalue weighted by Crippen LogP contribution is -2.55. The summed E-state index contributed by atoms with van der Waals surface area (Å²) in [5.41, 5.74) is 2.01. The van der Waals surface area contributed by atoms with Crippen molar-refractivity contribution in [2.75, 3.05) is 13.2 Å². The number of ether oxygens (including phenoxy) is 3. The second-order valence-electron chi connectivity index (χ2n) is 10.2. The number of hydrogen-bond donors (Lipinski definition) is 0. The Morgan fingerprint density at radius 3 is 2.56 bits per heavy atom. The molecule has 4 aliphatic carbocycles. The van der Waals surface area contributed by atoms with E-state index in [1.54, 1.807) is 5.57 Å². The summed E-state index contributed by atoms with van der Waals surface area (Å²) in [5, 5.41) is 0. The van der Waals surface area contributed by atoms with Crippen LogP contribution < -0.4 is 0 Å². The Morgan fingerprint density at radius 2 is 1.81 bits per heavy atom. The van der Waals surface area contributed by atoms with Crippen LogP contribution in [0.1, 0.15) is 72.1 Å². The number of rotatable bonds is 1.